The van der Waals surface area contributed by atoms with Crippen molar-refractivity contribution in [3.8, 4) is 0 Å². The zero-order valence-electron chi connectivity index (χ0n) is 18.8. The fourth-order valence-electron chi connectivity index (χ4n) is 3.94. The Hall–Kier alpha value is -1.98. The number of nitrogens with zero attached hydrogens (tertiary/aromatic N) is 5. The second kappa shape index (κ2) is 9.66. The zero-order chi connectivity index (χ0) is 22.8. The standard InChI is InChI=1S/C20H34N6O4S/c1-13(2)25(3)20-22-16-17(21)23-18(24-19(16)26(20)4)14-7-9-15(10-8-14)30-11-5-6-12-31(27,28)29/h13-15H,5-12H2,1-4H3,(H2,21,23,24)(H,27,28,29)/t14-,15-. The first-order valence-electron chi connectivity index (χ1n) is 10.9. The minimum atomic E-state index is -3.89. The van der Waals surface area contributed by atoms with Crippen molar-refractivity contribution in [2.24, 2.45) is 7.05 Å². The molecule has 1 aliphatic carbocycles. The molecule has 31 heavy (non-hydrogen) atoms. The summed E-state index contributed by atoms with van der Waals surface area (Å²) >= 11 is 0. The van der Waals surface area contributed by atoms with Crippen LogP contribution in [0.25, 0.3) is 11.2 Å². The van der Waals surface area contributed by atoms with E-state index in [9.17, 15) is 8.42 Å². The first-order valence-corrected chi connectivity index (χ1v) is 12.5. The summed E-state index contributed by atoms with van der Waals surface area (Å²) < 4.78 is 38.1. The lowest BCUT2D eigenvalue weighted by atomic mass is 9.86. The molecule has 1 saturated carbocycles. The van der Waals surface area contributed by atoms with E-state index >= 15 is 0 Å². The maximum Gasteiger partial charge on any atom is 0.264 e. The SMILES string of the molecule is CC(C)N(C)c1nc2c(N)nc([C@H]3CC[C@H](OCCCCS(=O)(=O)O)CC3)nc2n1C. The van der Waals surface area contributed by atoms with Gasteiger partial charge in [-0.3, -0.25) is 9.12 Å². The van der Waals surface area contributed by atoms with Crippen molar-refractivity contribution in [2.45, 2.75) is 70.4 Å². The fraction of sp³-hybridized carbons (Fsp3) is 0.750. The van der Waals surface area contributed by atoms with Gasteiger partial charge >= 0.3 is 0 Å². The third kappa shape index (κ3) is 5.83. The molecule has 0 atom stereocenters. The number of aryl methyl sites for hydroxylation is 1. The van der Waals surface area contributed by atoms with E-state index in [1.54, 1.807) is 0 Å². The summed E-state index contributed by atoms with van der Waals surface area (Å²) in [5.41, 5.74) is 7.63. The van der Waals surface area contributed by atoms with Crippen LogP contribution >= 0.6 is 0 Å². The van der Waals surface area contributed by atoms with Crippen LogP contribution in [0.15, 0.2) is 0 Å². The Morgan fingerprint density at radius 2 is 1.87 bits per heavy atom. The lowest BCUT2D eigenvalue weighted by Crippen LogP contribution is -2.28. The van der Waals surface area contributed by atoms with E-state index in [0.29, 0.717) is 36.8 Å². The number of nitrogen functional groups attached to an aromatic ring is 1. The summed E-state index contributed by atoms with van der Waals surface area (Å²) in [6, 6.07) is 0.299. The number of ether oxygens (including phenoxy) is 1. The van der Waals surface area contributed by atoms with Gasteiger partial charge in [0.05, 0.1) is 11.9 Å². The zero-order valence-corrected chi connectivity index (χ0v) is 19.6. The predicted molar refractivity (Wildman–Crippen MR) is 121 cm³/mol. The molecule has 0 unspecified atom stereocenters. The molecule has 1 aliphatic rings. The predicted octanol–water partition coefficient (Wildman–Crippen LogP) is 2.50. The normalized spacial score (nSPS) is 19.9. The number of fused-ring (bicyclic) bond motifs is 1. The van der Waals surface area contributed by atoms with Crippen LogP contribution in [0.2, 0.25) is 0 Å². The Kier molecular flexibility index (Phi) is 7.38. The van der Waals surface area contributed by atoms with E-state index in [4.69, 9.17) is 20.0 Å². The summed E-state index contributed by atoms with van der Waals surface area (Å²) in [7, 11) is 0.0654. The van der Waals surface area contributed by atoms with Gasteiger partial charge in [0.2, 0.25) is 5.95 Å². The van der Waals surface area contributed by atoms with Crippen LogP contribution in [0.1, 0.15) is 64.1 Å². The second-order valence-electron chi connectivity index (χ2n) is 8.65. The molecule has 0 spiro atoms. The highest BCUT2D eigenvalue weighted by molar-refractivity contribution is 7.85. The van der Waals surface area contributed by atoms with Crippen molar-refractivity contribution in [2.75, 3.05) is 30.0 Å². The molecule has 10 nitrogen and oxygen atoms in total. The minimum absolute atomic E-state index is 0.158. The van der Waals surface area contributed by atoms with Crippen LogP contribution < -0.4 is 10.6 Å². The lowest BCUT2D eigenvalue weighted by molar-refractivity contribution is 0.0228. The summed E-state index contributed by atoms with van der Waals surface area (Å²) in [5, 5.41) is 0. The van der Waals surface area contributed by atoms with Gasteiger partial charge in [0.1, 0.15) is 5.82 Å². The molecule has 174 valence electrons. The van der Waals surface area contributed by atoms with Crippen LogP contribution in [-0.2, 0) is 21.9 Å². The van der Waals surface area contributed by atoms with Gasteiger partial charge < -0.3 is 15.4 Å². The molecule has 0 amide bonds. The maximum absolute atomic E-state index is 10.7. The van der Waals surface area contributed by atoms with Gasteiger partial charge in [0.25, 0.3) is 10.1 Å². The largest absolute Gasteiger partial charge is 0.382 e. The monoisotopic (exact) mass is 454 g/mol. The number of aromatic nitrogens is 4. The molecule has 2 heterocycles. The average molecular weight is 455 g/mol. The number of rotatable bonds is 9. The summed E-state index contributed by atoms with van der Waals surface area (Å²) in [6.07, 6.45) is 4.80. The van der Waals surface area contributed by atoms with E-state index in [-0.39, 0.29) is 17.8 Å². The number of unbranched alkanes of at least 4 members (excludes halogenated alkanes) is 1. The molecule has 1 fully saturated rings. The molecule has 2 aromatic heterocycles. The van der Waals surface area contributed by atoms with Gasteiger partial charge in [-0.25, -0.2) is 15.0 Å². The highest BCUT2D eigenvalue weighted by atomic mass is 32.2. The van der Waals surface area contributed by atoms with Gasteiger partial charge in [-0.15, -0.1) is 0 Å². The highest BCUT2D eigenvalue weighted by Crippen LogP contribution is 2.34. The number of hydrogen-bond acceptors (Lipinski definition) is 8. The summed E-state index contributed by atoms with van der Waals surface area (Å²) in [5.74, 6) is 2.00. The Morgan fingerprint density at radius 3 is 2.48 bits per heavy atom. The average Bonchev–Trinajstić information content (AvgIpc) is 3.04. The van der Waals surface area contributed by atoms with Crippen LogP contribution in [-0.4, -0.2) is 64.0 Å². The van der Waals surface area contributed by atoms with Crippen molar-refractivity contribution < 1.29 is 17.7 Å². The van der Waals surface area contributed by atoms with E-state index < -0.39 is 10.1 Å². The Balaban J connectivity index is 1.60. The number of nitrogens with two attached hydrogens (primary N) is 1. The van der Waals surface area contributed by atoms with Gasteiger partial charge in [-0.2, -0.15) is 8.42 Å². The van der Waals surface area contributed by atoms with Gasteiger partial charge in [-0.05, 0) is 52.4 Å². The second-order valence-corrected chi connectivity index (χ2v) is 10.2. The third-order valence-corrected chi connectivity index (χ3v) is 6.82. The first-order chi connectivity index (χ1) is 14.6. The molecular weight excluding hydrogens is 420 g/mol. The molecule has 0 aromatic carbocycles. The van der Waals surface area contributed by atoms with Crippen molar-refractivity contribution in [3.05, 3.63) is 5.82 Å². The van der Waals surface area contributed by atoms with Crippen molar-refractivity contribution in [1.82, 2.24) is 19.5 Å². The summed E-state index contributed by atoms with van der Waals surface area (Å²) in [4.78, 5) is 16.1. The summed E-state index contributed by atoms with van der Waals surface area (Å²) in [6.45, 7) is 4.71. The van der Waals surface area contributed by atoms with Crippen molar-refractivity contribution >= 4 is 33.0 Å². The van der Waals surface area contributed by atoms with E-state index in [0.717, 1.165) is 43.1 Å². The number of imidazole rings is 1. The molecule has 11 heteroatoms. The minimum Gasteiger partial charge on any atom is -0.382 e. The molecular formula is C20H34N6O4S. The Morgan fingerprint density at radius 1 is 1.19 bits per heavy atom. The lowest BCUT2D eigenvalue weighted by Gasteiger charge is -2.27. The fourth-order valence-corrected chi connectivity index (χ4v) is 4.51. The molecule has 0 radical (unpaired) electrons. The number of hydrogen-bond donors (Lipinski definition) is 2. The van der Waals surface area contributed by atoms with Gasteiger partial charge in [0.15, 0.2) is 17.0 Å². The van der Waals surface area contributed by atoms with E-state index in [1.165, 1.54) is 0 Å². The maximum atomic E-state index is 10.7. The Labute approximate surface area is 184 Å². The van der Waals surface area contributed by atoms with Crippen LogP contribution in [0.4, 0.5) is 11.8 Å². The van der Waals surface area contributed by atoms with E-state index in [2.05, 4.69) is 28.7 Å². The van der Waals surface area contributed by atoms with Crippen LogP contribution in [0.3, 0.4) is 0 Å². The van der Waals surface area contributed by atoms with Crippen molar-refractivity contribution in [1.29, 1.82) is 0 Å². The quantitative estimate of drug-likeness (QED) is 0.432. The topological polar surface area (TPSA) is 136 Å². The highest BCUT2D eigenvalue weighted by Gasteiger charge is 2.27. The van der Waals surface area contributed by atoms with Crippen LogP contribution in [0.5, 0.6) is 0 Å². The van der Waals surface area contributed by atoms with Crippen LogP contribution in [0, 0.1) is 0 Å². The Bertz CT molecular complexity index is 999. The molecule has 2 aromatic rings. The molecule has 0 aliphatic heterocycles. The molecule has 0 saturated heterocycles. The third-order valence-electron chi connectivity index (χ3n) is 6.02. The molecule has 3 N–H and O–H groups in total. The molecule has 0 bridgehead atoms. The first kappa shape index (κ1) is 23.7. The van der Waals surface area contributed by atoms with Crippen molar-refractivity contribution in [3.63, 3.8) is 0 Å². The van der Waals surface area contributed by atoms with Gasteiger partial charge in [0, 0.05) is 32.7 Å². The number of anilines is 2. The smallest absolute Gasteiger partial charge is 0.264 e. The van der Waals surface area contributed by atoms with E-state index in [1.807, 2.05) is 18.7 Å². The molecule has 3 rings (SSSR count). The van der Waals surface area contributed by atoms with Gasteiger partial charge in [-0.1, -0.05) is 0 Å².